The fraction of sp³-hybridized carbons (Fsp3) is 0.438. The second-order valence-electron chi connectivity index (χ2n) is 5.03. The van der Waals surface area contributed by atoms with E-state index in [-0.39, 0.29) is 5.91 Å². The molecule has 0 unspecified atom stereocenters. The summed E-state index contributed by atoms with van der Waals surface area (Å²) in [6.07, 6.45) is 1.59. The van der Waals surface area contributed by atoms with Crippen LogP contribution >= 0.6 is 0 Å². The number of nitrogens with one attached hydrogen (secondary N) is 1. The molecule has 1 aromatic carbocycles. The van der Waals surface area contributed by atoms with E-state index in [9.17, 15) is 4.79 Å². The maximum absolute atomic E-state index is 11.8. The summed E-state index contributed by atoms with van der Waals surface area (Å²) in [4.78, 5) is 11.8. The highest BCUT2D eigenvalue weighted by Crippen LogP contribution is 2.29. The highest BCUT2D eigenvalue weighted by Gasteiger charge is 2.08. The second-order valence-corrected chi connectivity index (χ2v) is 5.03. The third-order valence-electron chi connectivity index (χ3n) is 2.87. The Hall–Kier alpha value is -1.97. The minimum Gasteiger partial charge on any atom is -0.497 e. The summed E-state index contributed by atoms with van der Waals surface area (Å²) >= 11 is 0. The molecule has 0 heterocycles. The lowest BCUT2D eigenvalue weighted by Gasteiger charge is -2.11. The number of hydrogen-bond acceptors (Lipinski definition) is 3. The first kappa shape index (κ1) is 16.1. The van der Waals surface area contributed by atoms with Crippen molar-refractivity contribution in [2.24, 2.45) is 5.92 Å². The van der Waals surface area contributed by atoms with Gasteiger partial charge in [0, 0.05) is 24.3 Å². The molecule has 1 amide bonds. The van der Waals surface area contributed by atoms with Crippen LogP contribution in [0, 0.1) is 5.92 Å². The summed E-state index contributed by atoms with van der Waals surface area (Å²) in [5.74, 6) is 1.76. The SMILES string of the molecule is COc1ccc(/C(C)=C/C(=O)NCC(C)C)c(OC)c1. The van der Waals surface area contributed by atoms with Gasteiger partial charge in [0.15, 0.2) is 0 Å². The van der Waals surface area contributed by atoms with Crippen molar-refractivity contribution < 1.29 is 14.3 Å². The molecule has 1 rings (SSSR count). The first-order valence-corrected chi connectivity index (χ1v) is 6.66. The fourth-order valence-electron chi connectivity index (χ4n) is 1.75. The summed E-state index contributed by atoms with van der Waals surface area (Å²) in [5, 5.41) is 2.86. The highest BCUT2D eigenvalue weighted by molar-refractivity contribution is 5.95. The van der Waals surface area contributed by atoms with Crippen LogP contribution < -0.4 is 14.8 Å². The predicted molar refractivity (Wildman–Crippen MR) is 81.0 cm³/mol. The van der Waals surface area contributed by atoms with E-state index in [2.05, 4.69) is 19.2 Å². The van der Waals surface area contributed by atoms with E-state index in [1.54, 1.807) is 26.4 Å². The standard InChI is InChI=1S/C16H23NO3/c1-11(2)10-17-16(18)8-12(3)14-7-6-13(19-4)9-15(14)20-5/h6-9,11H,10H2,1-5H3,(H,17,18)/b12-8+. The molecule has 0 spiro atoms. The molecule has 4 heteroatoms. The largest absolute Gasteiger partial charge is 0.497 e. The van der Waals surface area contributed by atoms with E-state index in [0.29, 0.717) is 18.2 Å². The molecule has 0 bridgehead atoms. The van der Waals surface area contributed by atoms with Crippen LogP contribution in [0.4, 0.5) is 0 Å². The third-order valence-corrected chi connectivity index (χ3v) is 2.87. The number of hydrogen-bond donors (Lipinski definition) is 1. The lowest BCUT2D eigenvalue weighted by Crippen LogP contribution is -2.25. The van der Waals surface area contributed by atoms with Crippen molar-refractivity contribution in [2.45, 2.75) is 20.8 Å². The molecule has 0 aliphatic carbocycles. The Bertz CT molecular complexity index is 492. The molecule has 0 radical (unpaired) electrons. The summed E-state index contributed by atoms with van der Waals surface area (Å²) in [6.45, 7) is 6.67. The number of carbonyl (C=O) groups is 1. The maximum atomic E-state index is 11.8. The van der Waals surface area contributed by atoms with Gasteiger partial charge in [-0.3, -0.25) is 4.79 Å². The number of allylic oxidation sites excluding steroid dienone is 1. The average molecular weight is 277 g/mol. The Morgan fingerprint density at radius 1 is 1.30 bits per heavy atom. The van der Waals surface area contributed by atoms with E-state index in [1.165, 1.54) is 0 Å². The molecular formula is C16H23NO3. The van der Waals surface area contributed by atoms with Gasteiger partial charge in [0.25, 0.3) is 0 Å². The van der Waals surface area contributed by atoms with Gasteiger partial charge in [-0.15, -0.1) is 0 Å². The number of benzene rings is 1. The molecule has 0 aliphatic rings. The highest BCUT2D eigenvalue weighted by atomic mass is 16.5. The van der Waals surface area contributed by atoms with Crippen LogP contribution in [0.25, 0.3) is 5.57 Å². The zero-order valence-electron chi connectivity index (χ0n) is 12.8. The van der Waals surface area contributed by atoms with Crippen LogP contribution in [0.15, 0.2) is 24.3 Å². The number of methoxy groups -OCH3 is 2. The van der Waals surface area contributed by atoms with Crippen molar-refractivity contribution in [3.05, 3.63) is 29.8 Å². The monoisotopic (exact) mass is 277 g/mol. The van der Waals surface area contributed by atoms with Gasteiger partial charge in [-0.2, -0.15) is 0 Å². The van der Waals surface area contributed by atoms with E-state index < -0.39 is 0 Å². The second kappa shape index (κ2) is 7.58. The van der Waals surface area contributed by atoms with Crippen molar-refractivity contribution in [1.82, 2.24) is 5.32 Å². The molecule has 0 saturated carbocycles. The van der Waals surface area contributed by atoms with E-state index in [0.717, 1.165) is 16.9 Å². The summed E-state index contributed by atoms with van der Waals surface area (Å²) < 4.78 is 10.5. The van der Waals surface area contributed by atoms with Crippen molar-refractivity contribution in [1.29, 1.82) is 0 Å². The summed E-state index contributed by atoms with van der Waals surface area (Å²) in [7, 11) is 3.21. The van der Waals surface area contributed by atoms with Crippen LogP contribution in [0.1, 0.15) is 26.3 Å². The van der Waals surface area contributed by atoms with Gasteiger partial charge in [0.2, 0.25) is 5.91 Å². The molecule has 0 atom stereocenters. The van der Waals surface area contributed by atoms with Crippen LogP contribution in [0.2, 0.25) is 0 Å². The average Bonchev–Trinajstić information content (AvgIpc) is 2.44. The number of carbonyl (C=O) groups excluding carboxylic acids is 1. The van der Waals surface area contributed by atoms with Gasteiger partial charge >= 0.3 is 0 Å². The first-order chi connectivity index (χ1) is 9.47. The predicted octanol–water partition coefficient (Wildman–Crippen LogP) is 2.88. The molecule has 1 N–H and O–H groups in total. The Balaban J connectivity index is 2.90. The molecule has 0 aliphatic heterocycles. The van der Waals surface area contributed by atoms with E-state index >= 15 is 0 Å². The topological polar surface area (TPSA) is 47.6 Å². The molecule has 0 fully saturated rings. The number of ether oxygens (including phenoxy) is 2. The molecule has 110 valence electrons. The quantitative estimate of drug-likeness (QED) is 0.813. The third kappa shape index (κ3) is 4.61. The lowest BCUT2D eigenvalue weighted by atomic mass is 10.1. The Labute approximate surface area is 120 Å². The van der Waals surface area contributed by atoms with Crippen molar-refractivity contribution >= 4 is 11.5 Å². The molecule has 20 heavy (non-hydrogen) atoms. The van der Waals surface area contributed by atoms with Gasteiger partial charge in [-0.05, 0) is 30.5 Å². The molecular weight excluding hydrogens is 254 g/mol. The Kier molecular flexibility index (Phi) is 6.10. The fourth-order valence-corrected chi connectivity index (χ4v) is 1.75. The van der Waals surface area contributed by atoms with Crippen LogP contribution in [0.5, 0.6) is 11.5 Å². The molecule has 0 saturated heterocycles. The maximum Gasteiger partial charge on any atom is 0.244 e. The van der Waals surface area contributed by atoms with Gasteiger partial charge < -0.3 is 14.8 Å². The number of rotatable bonds is 6. The van der Waals surface area contributed by atoms with Crippen LogP contribution in [0.3, 0.4) is 0 Å². The zero-order chi connectivity index (χ0) is 15.1. The normalized spacial score (nSPS) is 11.4. The summed E-state index contributed by atoms with van der Waals surface area (Å²) in [6, 6.07) is 5.54. The molecule has 0 aromatic heterocycles. The van der Waals surface area contributed by atoms with E-state index in [1.807, 2.05) is 19.1 Å². The molecule has 1 aromatic rings. The smallest absolute Gasteiger partial charge is 0.244 e. The van der Waals surface area contributed by atoms with Crippen molar-refractivity contribution in [3.8, 4) is 11.5 Å². The molecule has 4 nitrogen and oxygen atoms in total. The number of amides is 1. The van der Waals surface area contributed by atoms with Gasteiger partial charge in [-0.25, -0.2) is 0 Å². The minimum absolute atomic E-state index is 0.0888. The van der Waals surface area contributed by atoms with Gasteiger partial charge in [0.1, 0.15) is 11.5 Å². The zero-order valence-corrected chi connectivity index (χ0v) is 12.8. The summed E-state index contributed by atoms with van der Waals surface area (Å²) in [5.41, 5.74) is 1.73. The minimum atomic E-state index is -0.0888. The Morgan fingerprint density at radius 3 is 2.55 bits per heavy atom. The van der Waals surface area contributed by atoms with Crippen LogP contribution in [-0.4, -0.2) is 26.7 Å². The van der Waals surface area contributed by atoms with Crippen molar-refractivity contribution in [2.75, 3.05) is 20.8 Å². The van der Waals surface area contributed by atoms with Gasteiger partial charge in [0.05, 0.1) is 14.2 Å². The van der Waals surface area contributed by atoms with Crippen molar-refractivity contribution in [3.63, 3.8) is 0 Å². The first-order valence-electron chi connectivity index (χ1n) is 6.66. The van der Waals surface area contributed by atoms with Crippen LogP contribution in [-0.2, 0) is 4.79 Å². The van der Waals surface area contributed by atoms with Gasteiger partial charge in [-0.1, -0.05) is 13.8 Å². The Morgan fingerprint density at radius 2 is 2.00 bits per heavy atom. The lowest BCUT2D eigenvalue weighted by molar-refractivity contribution is -0.116. The van der Waals surface area contributed by atoms with E-state index in [4.69, 9.17) is 9.47 Å².